The molecular formula is C12H17NO. The molecule has 2 nitrogen and oxygen atoms in total. The van der Waals surface area contributed by atoms with Gasteiger partial charge >= 0.3 is 0 Å². The fourth-order valence-corrected chi connectivity index (χ4v) is 1.76. The molecule has 0 saturated heterocycles. The van der Waals surface area contributed by atoms with E-state index >= 15 is 0 Å². The van der Waals surface area contributed by atoms with Gasteiger partial charge in [-0.25, -0.2) is 0 Å². The van der Waals surface area contributed by atoms with Crippen LogP contribution >= 0.6 is 0 Å². The lowest BCUT2D eigenvalue weighted by molar-refractivity contribution is 0.0340. The van der Waals surface area contributed by atoms with Crippen LogP contribution in [0.25, 0.3) is 0 Å². The summed E-state index contributed by atoms with van der Waals surface area (Å²) < 4.78 is 5.76. The van der Waals surface area contributed by atoms with Gasteiger partial charge < -0.3 is 4.74 Å². The highest BCUT2D eigenvalue weighted by Crippen LogP contribution is 2.25. The Balaban J connectivity index is 1.96. The first-order valence-electron chi connectivity index (χ1n) is 5.34. The Morgan fingerprint density at radius 3 is 3.14 bits per heavy atom. The van der Waals surface area contributed by atoms with Crippen molar-refractivity contribution in [1.82, 2.24) is 5.32 Å². The van der Waals surface area contributed by atoms with E-state index in [4.69, 9.17) is 4.74 Å². The number of hydrogen-bond acceptors (Lipinski definition) is 2. The summed E-state index contributed by atoms with van der Waals surface area (Å²) in [4.78, 5) is 0. The molecule has 2 heteroatoms. The van der Waals surface area contributed by atoms with E-state index < -0.39 is 0 Å². The van der Waals surface area contributed by atoms with Crippen LogP contribution in [0.5, 0.6) is 0 Å². The standard InChI is InChI=1S/C12H17NO/c1-2-3-8-14-12-11-7-5-4-6-10(11)9-13-12/h4-7,12-13H,2-3,8-9H2,1H3. The second-order valence-electron chi connectivity index (χ2n) is 3.68. The lowest BCUT2D eigenvalue weighted by Crippen LogP contribution is -2.16. The summed E-state index contributed by atoms with van der Waals surface area (Å²) in [6.07, 6.45) is 2.45. The van der Waals surface area contributed by atoms with E-state index in [1.54, 1.807) is 0 Å². The molecule has 0 amide bonds. The topological polar surface area (TPSA) is 21.3 Å². The van der Waals surface area contributed by atoms with Crippen molar-refractivity contribution < 1.29 is 4.74 Å². The average Bonchev–Trinajstić information content (AvgIpc) is 2.63. The summed E-state index contributed by atoms with van der Waals surface area (Å²) in [5.74, 6) is 0. The molecule has 0 spiro atoms. The van der Waals surface area contributed by atoms with Gasteiger partial charge in [-0.05, 0) is 17.5 Å². The van der Waals surface area contributed by atoms with Gasteiger partial charge in [-0.1, -0.05) is 37.6 Å². The summed E-state index contributed by atoms with van der Waals surface area (Å²) in [6, 6.07) is 8.45. The monoisotopic (exact) mass is 191 g/mol. The van der Waals surface area contributed by atoms with E-state index in [-0.39, 0.29) is 6.23 Å². The molecule has 1 aromatic rings. The highest BCUT2D eigenvalue weighted by atomic mass is 16.5. The van der Waals surface area contributed by atoms with Crippen molar-refractivity contribution in [3.63, 3.8) is 0 Å². The smallest absolute Gasteiger partial charge is 0.134 e. The van der Waals surface area contributed by atoms with Crippen molar-refractivity contribution >= 4 is 0 Å². The lowest BCUT2D eigenvalue weighted by Gasteiger charge is -2.12. The fraction of sp³-hybridized carbons (Fsp3) is 0.500. The molecule has 1 aliphatic heterocycles. The predicted molar refractivity (Wildman–Crippen MR) is 56.9 cm³/mol. The lowest BCUT2D eigenvalue weighted by atomic mass is 10.1. The van der Waals surface area contributed by atoms with E-state index in [2.05, 4.69) is 36.5 Å². The third kappa shape index (κ3) is 1.97. The van der Waals surface area contributed by atoms with Crippen LogP contribution in [0.15, 0.2) is 24.3 Å². The molecule has 76 valence electrons. The molecule has 0 radical (unpaired) electrons. The molecule has 0 aromatic heterocycles. The second-order valence-corrected chi connectivity index (χ2v) is 3.68. The number of unbranched alkanes of at least 4 members (excludes halogenated alkanes) is 1. The second kappa shape index (κ2) is 4.58. The van der Waals surface area contributed by atoms with Crippen LogP contribution in [-0.4, -0.2) is 6.61 Å². The van der Waals surface area contributed by atoms with Crippen molar-refractivity contribution in [2.45, 2.75) is 32.5 Å². The molecule has 14 heavy (non-hydrogen) atoms. The van der Waals surface area contributed by atoms with Gasteiger partial charge in [0.05, 0.1) is 0 Å². The molecule has 0 saturated carbocycles. The zero-order valence-electron chi connectivity index (χ0n) is 8.62. The Hall–Kier alpha value is -0.860. The molecule has 1 unspecified atom stereocenters. The Labute approximate surface area is 85.3 Å². The number of nitrogens with one attached hydrogen (secondary N) is 1. The number of rotatable bonds is 4. The summed E-state index contributed by atoms with van der Waals surface area (Å²) in [5, 5.41) is 3.36. The Bertz CT molecular complexity index is 298. The third-order valence-corrected chi connectivity index (χ3v) is 2.60. The minimum absolute atomic E-state index is 0.123. The summed E-state index contributed by atoms with van der Waals surface area (Å²) in [7, 11) is 0. The maximum absolute atomic E-state index is 5.76. The van der Waals surface area contributed by atoms with Gasteiger partial charge in [-0.3, -0.25) is 5.32 Å². The molecule has 1 N–H and O–H groups in total. The molecule has 1 heterocycles. The van der Waals surface area contributed by atoms with Gasteiger partial charge in [0.15, 0.2) is 0 Å². The normalized spacial score (nSPS) is 19.6. The van der Waals surface area contributed by atoms with Gasteiger partial charge in [0.2, 0.25) is 0 Å². The zero-order chi connectivity index (χ0) is 9.80. The average molecular weight is 191 g/mol. The van der Waals surface area contributed by atoms with E-state index in [0.29, 0.717) is 0 Å². The molecule has 1 aliphatic rings. The molecular weight excluding hydrogens is 174 g/mol. The van der Waals surface area contributed by atoms with Gasteiger partial charge in [0.1, 0.15) is 6.23 Å². The first kappa shape index (κ1) is 9.69. The quantitative estimate of drug-likeness (QED) is 0.739. The number of hydrogen-bond donors (Lipinski definition) is 1. The molecule has 0 fully saturated rings. The molecule has 2 rings (SSSR count). The van der Waals surface area contributed by atoms with Crippen molar-refractivity contribution in [3.8, 4) is 0 Å². The van der Waals surface area contributed by atoms with Crippen LogP contribution < -0.4 is 5.32 Å². The largest absolute Gasteiger partial charge is 0.359 e. The first-order chi connectivity index (χ1) is 6.92. The van der Waals surface area contributed by atoms with E-state index in [0.717, 1.165) is 19.6 Å². The summed E-state index contributed by atoms with van der Waals surface area (Å²) in [6.45, 7) is 3.97. The zero-order valence-corrected chi connectivity index (χ0v) is 8.62. The van der Waals surface area contributed by atoms with Crippen LogP contribution in [0, 0.1) is 0 Å². The Kier molecular flexibility index (Phi) is 3.17. The SMILES string of the molecule is CCCCOC1NCc2ccccc21. The molecule has 1 atom stereocenters. The van der Waals surface area contributed by atoms with Crippen LogP contribution in [0.2, 0.25) is 0 Å². The highest BCUT2D eigenvalue weighted by Gasteiger charge is 2.20. The van der Waals surface area contributed by atoms with Crippen LogP contribution in [0.4, 0.5) is 0 Å². The summed E-state index contributed by atoms with van der Waals surface area (Å²) in [5.41, 5.74) is 2.68. The van der Waals surface area contributed by atoms with Gasteiger partial charge in [0.25, 0.3) is 0 Å². The van der Waals surface area contributed by atoms with Crippen molar-refractivity contribution in [2.75, 3.05) is 6.61 Å². The van der Waals surface area contributed by atoms with E-state index in [1.807, 2.05) is 0 Å². The predicted octanol–water partition coefficient (Wildman–Crippen LogP) is 2.61. The van der Waals surface area contributed by atoms with E-state index in [9.17, 15) is 0 Å². The number of ether oxygens (including phenoxy) is 1. The molecule has 0 bridgehead atoms. The number of benzene rings is 1. The Morgan fingerprint density at radius 1 is 1.43 bits per heavy atom. The molecule has 1 aromatic carbocycles. The van der Waals surface area contributed by atoms with Gasteiger partial charge in [-0.15, -0.1) is 0 Å². The van der Waals surface area contributed by atoms with Crippen molar-refractivity contribution in [3.05, 3.63) is 35.4 Å². The Morgan fingerprint density at radius 2 is 2.29 bits per heavy atom. The van der Waals surface area contributed by atoms with Crippen molar-refractivity contribution in [1.29, 1.82) is 0 Å². The highest BCUT2D eigenvalue weighted by molar-refractivity contribution is 5.32. The fourth-order valence-electron chi connectivity index (χ4n) is 1.76. The van der Waals surface area contributed by atoms with Crippen molar-refractivity contribution in [2.24, 2.45) is 0 Å². The molecule has 0 aliphatic carbocycles. The minimum Gasteiger partial charge on any atom is -0.359 e. The van der Waals surface area contributed by atoms with Crippen LogP contribution in [-0.2, 0) is 11.3 Å². The van der Waals surface area contributed by atoms with Gasteiger partial charge in [-0.2, -0.15) is 0 Å². The van der Waals surface area contributed by atoms with Crippen LogP contribution in [0.3, 0.4) is 0 Å². The number of fused-ring (bicyclic) bond motifs is 1. The van der Waals surface area contributed by atoms with E-state index in [1.165, 1.54) is 17.5 Å². The first-order valence-corrected chi connectivity index (χ1v) is 5.34. The minimum atomic E-state index is 0.123. The van der Waals surface area contributed by atoms with Crippen LogP contribution in [0.1, 0.15) is 37.1 Å². The van der Waals surface area contributed by atoms with Gasteiger partial charge in [0, 0.05) is 13.2 Å². The third-order valence-electron chi connectivity index (χ3n) is 2.60. The maximum Gasteiger partial charge on any atom is 0.134 e. The maximum atomic E-state index is 5.76. The summed E-state index contributed by atoms with van der Waals surface area (Å²) >= 11 is 0.